The molecule has 0 bridgehead atoms. The molecule has 2 aromatic carbocycles. The molecule has 0 aliphatic carbocycles. The van der Waals surface area contributed by atoms with E-state index in [1.807, 2.05) is 0 Å². The number of hydrogen-bond donors (Lipinski definition) is 2. The van der Waals surface area contributed by atoms with Crippen LogP contribution in [0.1, 0.15) is 108 Å². The van der Waals surface area contributed by atoms with E-state index in [1.165, 1.54) is 73.6 Å². The van der Waals surface area contributed by atoms with E-state index in [9.17, 15) is 5.11 Å². The number of phenols is 1. The molecule has 1 radical (unpaired) electrons. The largest absolute Gasteiger partial charge is 0.507 e. The maximum atomic E-state index is 11.0. The molecule has 0 spiro atoms. The smallest absolute Gasteiger partial charge is 0.127 e. The third kappa shape index (κ3) is 8.62. The summed E-state index contributed by atoms with van der Waals surface area (Å²) in [5.41, 5.74) is 6.31. The minimum Gasteiger partial charge on any atom is -0.507 e. The van der Waals surface area contributed by atoms with E-state index < -0.39 is 0 Å². The van der Waals surface area contributed by atoms with E-state index in [2.05, 4.69) is 50.2 Å². The van der Waals surface area contributed by atoms with E-state index in [1.54, 1.807) is 0 Å². The van der Waals surface area contributed by atoms with Crippen LogP contribution in [0.25, 0.3) is 11.1 Å². The van der Waals surface area contributed by atoms with E-state index >= 15 is 0 Å². The molecule has 177 valence electrons. The molecule has 0 aliphatic heterocycles. The minimum atomic E-state index is 0.306. The molecule has 2 aromatic rings. The number of hydrogen-bond acceptors (Lipinski definition) is 2. The Bertz CT molecular complexity index is 751. The van der Waals surface area contributed by atoms with E-state index in [4.69, 9.17) is 5.11 Å². The monoisotopic (exact) mass is 437 g/mol. The van der Waals surface area contributed by atoms with Crippen LogP contribution in [0.3, 0.4) is 0 Å². The second kappa shape index (κ2) is 15.9. The second-order valence-electron chi connectivity index (χ2n) is 9.16. The van der Waals surface area contributed by atoms with E-state index in [-0.39, 0.29) is 0 Å². The van der Waals surface area contributed by atoms with Crippen molar-refractivity contribution in [3.8, 4) is 16.9 Å². The van der Waals surface area contributed by atoms with Gasteiger partial charge in [-0.2, -0.15) is 0 Å². The average Bonchev–Trinajstić information content (AvgIpc) is 2.81. The van der Waals surface area contributed by atoms with Gasteiger partial charge >= 0.3 is 0 Å². The van der Waals surface area contributed by atoms with Crippen molar-refractivity contribution in [1.29, 1.82) is 0 Å². The lowest BCUT2D eigenvalue weighted by Crippen LogP contribution is -2.04. The Kier molecular flexibility index (Phi) is 13.2. The van der Waals surface area contributed by atoms with Crippen LogP contribution >= 0.6 is 0 Å². The van der Waals surface area contributed by atoms with Crippen molar-refractivity contribution in [3.63, 3.8) is 0 Å². The summed E-state index contributed by atoms with van der Waals surface area (Å²) in [7, 11) is 0. The average molecular weight is 438 g/mol. The number of phenolic OH excluding ortho intramolecular Hbond substituents is 1. The van der Waals surface area contributed by atoms with E-state index in [0.29, 0.717) is 12.4 Å². The van der Waals surface area contributed by atoms with Crippen molar-refractivity contribution < 1.29 is 10.2 Å². The Morgan fingerprint density at radius 3 is 1.84 bits per heavy atom. The van der Waals surface area contributed by atoms with Gasteiger partial charge in [0.25, 0.3) is 0 Å². The van der Waals surface area contributed by atoms with Crippen molar-refractivity contribution in [3.05, 3.63) is 53.1 Å². The van der Waals surface area contributed by atoms with Crippen LogP contribution < -0.4 is 0 Å². The summed E-state index contributed by atoms with van der Waals surface area (Å²) in [6.45, 7) is 4.79. The standard InChI is InChI=1S/C30H45O2/c1-3-5-12-21-27-28(22-13-6-4-2)30(25-18-15-11-16-19-25)26(24-29(27)32)20-14-9-7-8-10-17-23-31/h11,15-16,18-19,31-32H,3-10,12-14,17,20-23H2,1-2H3. The Morgan fingerprint density at radius 2 is 1.22 bits per heavy atom. The Morgan fingerprint density at radius 1 is 0.656 bits per heavy atom. The molecular weight excluding hydrogens is 392 g/mol. The van der Waals surface area contributed by atoms with Crippen LogP contribution in [0.2, 0.25) is 0 Å². The van der Waals surface area contributed by atoms with Crippen LogP contribution in [0.5, 0.6) is 5.75 Å². The van der Waals surface area contributed by atoms with Crippen molar-refractivity contribution in [2.24, 2.45) is 0 Å². The Hall–Kier alpha value is -1.80. The highest BCUT2D eigenvalue weighted by Gasteiger charge is 2.19. The lowest BCUT2D eigenvalue weighted by atomic mass is 9.84. The molecule has 0 unspecified atom stereocenters. The molecule has 0 atom stereocenters. The normalized spacial score (nSPS) is 11.2. The van der Waals surface area contributed by atoms with Gasteiger partial charge < -0.3 is 10.2 Å². The molecular formula is C30H45O2. The van der Waals surface area contributed by atoms with Crippen LogP contribution in [-0.2, 0) is 19.3 Å². The summed E-state index contributed by atoms with van der Waals surface area (Å²) in [5, 5.41) is 20.0. The van der Waals surface area contributed by atoms with Crippen molar-refractivity contribution in [1.82, 2.24) is 0 Å². The first kappa shape index (κ1) is 26.5. The van der Waals surface area contributed by atoms with Gasteiger partial charge in [0.2, 0.25) is 0 Å². The molecule has 0 saturated heterocycles. The third-order valence-electron chi connectivity index (χ3n) is 6.48. The van der Waals surface area contributed by atoms with Crippen molar-refractivity contribution in [2.45, 2.75) is 110 Å². The van der Waals surface area contributed by atoms with E-state index in [0.717, 1.165) is 50.5 Å². The number of unbranched alkanes of at least 4 members (excludes halogenated alkanes) is 9. The third-order valence-corrected chi connectivity index (χ3v) is 6.48. The zero-order valence-corrected chi connectivity index (χ0v) is 20.6. The maximum Gasteiger partial charge on any atom is 0.127 e. The van der Waals surface area contributed by atoms with Crippen LogP contribution in [0, 0.1) is 6.07 Å². The summed E-state index contributed by atoms with van der Waals surface area (Å²) in [6, 6.07) is 14.2. The summed E-state index contributed by atoms with van der Waals surface area (Å²) < 4.78 is 0. The molecule has 2 nitrogen and oxygen atoms in total. The summed E-state index contributed by atoms with van der Waals surface area (Å²) >= 11 is 0. The zero-order valence-electron chi connectivity index (χ0n) is 20.6. The van der Waals surface area contributed by atoms with Gasteiger partial charge in [0.1, 0.15) is 5.75 Å². The molecule has 0 aromatic heterocycles. The number of rotatable bonds is 17. The molecule has 0 heterocycles. The number of aromatic hydroxyl groups is 1. The number of benzene rings is 2. The molecule has 0 amide bonds. The summed E-state index contributed by atoms with van der Waals surface area (Å²) in [4.78, 5) is 0. The Balaban J connectivity index is 2.31. The van der Waals surface area contributed by atoms with Gasteiger partial charge in [0.15, 0.2) is 0 Å². The van der Waals surface area contributed by atoms with Gasteiger partial charge in [-0.25, -0.2) is 0 Å². The highest BCUT2D eigenvalue weighted by Crippen LogP contribution is 2.38. The van der Waals surface area contributed by atoms with Crippen LogP contribution in [0.15, 0.2) is 30.3 Å². The SMILES string of the molecule is CCCCCc1c(O)[c]c(CCCCCCCCO)c(-c2ccccc2)c1CCCCC. The van der Waals surface area contributed by atoms with Gasteiger partial charge in [-0.3, -0.25) is 0 Å². The van der Waals surface area contributed by atoms with Crippen LogP contribution in [0.4, 0.5) is 0 Å². The van der Waals surface area contributed by atoms with Gasteiger partial charge in [0.05, 0.1) is 0 Å². The molecule has 2 heteroatoms. The highest BCUT2D eigenvalue weighted by atomic mass is 16.3. The lowest BCUT2D eigenvalue weighted by Gasteiger charge is -2.21. The Labute approximate surface area is 197 Å². The molecule has 0 fully saturated rings. The topological polar surface area (TPSA) is 40.5 Å². The molecule has 32 heavy (non-hydrogen) atoms. The fourth-order valence-corrected chi connectivity index (χ4v) is 4.67. The minimum absolute atomic E-state index is 0.306. The maximum absolute atomic E-state index is 11.0. The first-order valence-electron chi connectivity index (χ1n) is 13.2. The molecule has 2 rings (SSSR count). The first-order valence-corrected chi connectivity index (χ1v) is 13.2. The summed E-state index contributed by atoms with van der Waals surface area (Å²) in [5.74, 6) is 0.394. The van der Waals surface area contributed by atoms with Crippen molar-refractivity contribution in [2.75, 3.05) is 6.61 Å². The highest BCUT2D eigenvalue weighted by molar-refractivity contribution is 5.74. The first-order chi connectivity index (χ1) is 15.7. The van der Waals surface area contributed by atoms with Crippen molar-refractivity contribution >= 4 is 0 Å². The number of aliphatic hydroxyl groups excluding tert-OH is 1. The lowest BCUT2D eigenvalue weighted by molar-refractivity contribution is 0.282. The van der Waals surface area contributed by atoms with Gasteiger partial charge in [-0.1, -0.05) is 95.5 Å². The van der Waals surface area contributed by atoms with Gasteiger partial charge in [-0.15, -0.1) is 0 Å². The zero-order chi connectivity index (χ0) is 23.0. The fourth-order valence-electron chi connectivity index (χ4n) is 4.67. The van der Waals surface area contributed by atoms with Crippen LogP contribution in [-0.4, -0.2) is 16.8 Å². The predicted octanol–water partition coefficient (Wildman–Crippen LogP) is 8.20. The predicted molar refractivity (Wildman–Crippen MR) is 137 cm³/mol. The van der Waals surface area contributed by atoms with Gasteiger partial charge in [-0.05, 0) is 72.8 Å². The van der Waals surface area contributed by atoms with Gasteiger partial charge in [0, 0.05) is 12.7 Å². The fraction of sp³-hybridized carbons (Fsp3) is 0.600. The molecule has 2 N–H and O–H groups in total. The second-order valence-corrected chi connectivity index (χ2v) is 9.16. The number of aliphatic hydroxyl groups is 1. The summed E-state index contributed by atoms with van der Waals surface area (Å²) in [6.07, 6.45) is 16.8. The molecule has 0 aliphatic rings. The quantitative estimate of drug-likeness (QED) is 0.245. The number of aryl methyl sites for hydroxylation is 1. The molecule has 0 saturated carbocycles.